The first-order valence-electron chi connectivity index (χ1n) is 11.3. The predicted molar refractivity (Wildman–Crippen MR) is 175 cm³/mol. The van der Waals surface area contributed by atoms with E-state index in [0.717, 1.165) is 27.8 Å². The zero-order valence-electron chi connectivity index (χ0n) is 20.4. The van der Waals surface area contributed by atoms with Crippen LogP contribution in [0.15, 0.2) is 87.5 Å². The lowest BCUT2D eigenvalue weighted by molar-refractivity contribution is 0.466. The summed E-state index contributed by atoms with van der Waals surface area (Å²) in [5.74, 6) is 0.438. The van der Waals surface area contributed by atoms with Gasteiger partial charge in [0.15, 0.2) is 0 Å². The molecule has 0 saturated carbocycles. The molecule has 0 aliphatic rings. The Morgan fingerprint density at radius 3 is 1.00 bits per heavy atom. The summed E-state index contributed by atoms with van der Waals surface area (Å²) < 4.78 is 3.56. The van der Waals surface area contributed by atoms with E-state index in [2.05, 4.69) is 141 Å². The van der Waals surface area contributed by atoms with Crippen molar-refractivity contribution in [2.24, 2.45) is 0 Å². The van der Waals surface area contributed by atoms with E-state index >= 15 is 0 Å². The van der Waals surface area contributed by atoms with Crippen molar-refractivity contribution < 1.29 is 15.3 Å². The maximum atomic E-state index is 10.4. The number of phenolic OH excluding ortho intramolecular Hbond substituents is 3. The summed E-state index contributed by atoms with van der Waals surface area (Å²) in [7, 11) is 0. The van der Waals surface area contributed by atoms with E-state index in [-0.39, 0.29) is 22.7 Å². The van der Waals surface area contributed by atoms with Gasteiger partial charge >= 0.3 is 0 Å². The number of phenols is 3. The normalized spacial score (nSPS) is 12.1. The first kappa shape index (κ1) is 30.1. The monoisotopic (exact) mass is 892 g/mol. The largest absolute Gasteiger partial charge is 0.506 e. The van der Waals surface area contributed by atoms with Crippen LogP contribution in [0.4, 0.5) is 0 Å². The van der Waals surface area contributed by atoms with Crippen LogP contribution < -0.4 is 0 Å². The molecule has 4 aromatic carbocycles. The van der Waals surface area contributed by atoms with Crippen LogP contribution in [0.5, 0.6) is 17.2 Å². The van der Waals surface area contributed by atoms with E-state index in [1.54, 1.807) is 0 Å². The van der Waals surface area contributed by atoms with Crippen molar-refractivity contribution in [2.45, 2.75) is 31.6 Å². The molecule has 0 fully saturated rings. The molecule has 9 heteroatoms. The Labute approximate surface area is 272 Å². The van der Waals surface area contributed by atoms with Crippen LogP contribution in [-0.2, 0) is 10.8 Å². The molecule has 0 unspecified atom stereocenters. The minimum Gasteiger partial charge on any atom is -0.506 e. The third-order valence-corrected chi connectivity index (χ3v) is 10.7. The standard InChI is InChI=1S/C29H22Br6O3/c1-28(2,16-8-19(30)25(36)20(31)9-16)14-4-6-15(7-5-14)29(3,17-10-21(32)26(37)22(33)11-17)18-12-23(34)27(38)24(35)13-18/h4-13,36-38H,1-3H3. The minimum absolute atomic E-state index is 0.132. The third kappa shape index (κ3) is 5.40. The Morgan fingerprint density at radius 1 is 0.421 bits per heavy atom. The Morgan fingerprint density at radius 2 is 0.684 bits per heavy atom. The molecular weight excluding hydrogens is 876 g/mol. The Balaban J connectivity index is 1.90. The van der Waals surface area contributed by atoms with Gasteiger partial charge in [0, 0.05) is 10.8 Å². The molecule has 38 heavy (non-hydrogen) atoms. The number of aromatic hydroxyl groups is 3. The SMILES string of the molecule is CC(C)(c1ccc(C(C)(c2cc(Br)c(O)c(Br)c2)c2cc(Br)c(O)c(Br)c2)cc1)c1cc(Br)c(O)c(Br)c1. The number of rotatable bonds is 5. The predicted octanol–water partition coefficient (Wildman–Crippen LogP) is 11.1. The van der Waals surface area contributed by atoms with E-state index in [0.29, 0.717) is 26.8 Å². The van der Waals surface area contributed by atoms with Crippen molar-refractivity contribution in [3.8, 4) is 17.2 Å². The average Bonchev–Trinajstić information content (AvgIpc) is 2.87. The van der Waals surface area contributed by atoms with Crippen molar-refractivity contribution >= 4 is 95.6 Å². The molecule has 0 aliphatic heterocycles. The number of benzene rings is 4. The zero-order valence-corrected chi connectivity index (χ0v) is 29.9. The van der Waals surface area contributed by atoms with Crippen LogP contribution in [0.2, 0.25) is 0 Å². The van der Waals surface area contributed by atoms with Gasteiger partial charge in [0.05, 0.1) is 26.8 Å². The molecule has 0 saturated heterocycles. The molecule has 0 radical (unpaired) electrons. The van der Waals surface area contributed by atoms with Crippen molar-refractivity contribution in [1.29, 1.82) is 0 Å². The molecule has 0 bridgehead atoms. The molecule has 3 N–H and O–H groups in total. The second-order valence-corrected chi connectivity index (χ2v) is 14.8. The van der Waals surface area contributed by atoms with E-state index in [1.807, 2.05) is 36.4 Å². The maximum Gasteiger partial charge on any atom is 0.143 e. The van der Waals surface area contributed by atoms with Crippen molar-refractivity contribution in [2.75, 3.05) is 0 Å². The summed E-state index contributed by atoms with van der Waals surface area (Å²) in [5, 5.41) is 31.0. The number of halogens is 6. The van der Waals surface area contributed by atoms with Crippen LogP contribution >= 0.6 is 95.6 Å². The highest BCUT2D eigenvalue weighted by Gasteiger charge is 2.34. The fraction of sp³-hybridized carbons (Fsp3) is 0.172. The smallest absolute Gasteiger partial charge is 0.143 e. The van der Waals surface area contributed by atoms with Gasteiger partial charge in [-0.3, -0.25) is 0 Å². The molecule has 4 aromatic rings. The Hall–Kier alpha value is -0.840. The lowest BCUT2D eigenvalue weighted by Crippen LogP contribution is -2.26. The molecule has 4 rings (SSSR count). The fourth-order valence-electron chi connectivity index (χ4n) is 4.52. The molecule has 0 aliphatic carbocycles. The maximum absolute atomic E-state index is 10.4. The van der Waals surface area contributed by atoms with Crippen molar-refractivity contribution in [1.82, 2.24) is 0 Å². The zero-order chi connectivity index (χ0) is 28.2. The van der Waals surface area contributed by atoms with Gasteiger partial charge in [0.2, 0.25) is 0 Å². The molecule has 0 atom stereocenters. The first-order chi connectivity index (χ1) is 17.7. The van der Waals surface area contributed by atoms with Gasteiger partial charge in [-0.2, -0.15) is 0 Å². The summed E-state index contributed by atoms with van der Waals surface area (Å²) in [6.07, 6.45) is 0. The van der Waals surface area contributed by atoms with Gasteiger partial charge in [-0.1, -0.05) is 38.1 Å². The molecule has 3 nitrogen and oxygen atoms in total. The highest BCUT2D eigenvalue weighted by molar-refractivity contribution is 9.11. The first-order valence-corrected chi connectivity index (χ1v) is 16.1. The quantitative estimate of drug-likeness (QED) is 0.175. The van der Waals surface area contributed by atoms with Gasteiger partial charge < -0.3 is 15.3 Å². The second-order valence-electron chi connectivity index (χ2n) is 9.69. The van der Waals surface area contributed by atoms with E-state index in [9.17, 15) is 15.3 Å². The van der Waals surface area contributed by atoms with Crippen molar-refractivity contribution in [3.63, 3.8) is 0 Å². The van der Waals surface area contributed by atoms with Crippen LogP contribution in [0.1, 0.15) is 48.6 Å². The highest BCUT2D eigenvalue weighted by atomic mass is 79.9. The molecule has 0 amide bonds. The number of hydrogen-bond donors (Lipinski definition) is 3. The van der Waals surface area contributed by atoms with Crippen LogP contribution in [0.25, 0.3) is 0 Å². The van der Waals surface area contributed by atoms with Crippen LogP contribution in [0, 0.1) is 0 Å². The summed E-state index contributed by atoms with van der Waals surface area (Å²) in [5.41, 5.74) is 4.07. The van der Waals surface area contributed by atoms with Gasteiger partial charge in [0.1, 0.15) is 17.2 Å². The van der Waals surface area contributed by atoms with E-state index in [4.69, 9.17) is 0 Å². The van der Waals surface area contributed by atoms with Crippen LogP contribution in [0.3, 0.4) is 0 Å². The third-order valence-electron chi connectivity index (χ3n) is 7.11. The van der Waals surface area contributed by atoms with Crippen molar-refractivity contribution in [3.05, 3.63) is 115 Å². The molecule has 0 spiro atoms. The minimum atomic E-state index is -0.648. The average molecular weight is 898 g/mol. The van der Waals surface area contributed by atoms with Crippen LogP contribution in [-0.4, -0.2) is 15.3 Å². The summed E-state index contributed by atoms with van der Waals surface area (Å²) in [6.45, 7) is 6.42. The second kappa shape index (κ2) is 11.2. The molecule has 0 heterocycles. The highest BCUT2D eigenvalue weighted by Crippen LogP contribution is 2.47. The topological polar surface area (TPSA) is 60.7 Å². The Bertz CT molecular complexity index is 1420. The van der Waals surface area contributed by atoms with Gasteiger partial charge in [-0.25, -0.2) is 0 Å². The molecule has 0 aromatic heterocycles. The molecular formula is C29H22Br6O3. The van der Waals surface area contributed by atoms with E-state index in [1.165, 1.54) is 0 Å². The lowest BCUT2D eigenvalue weighted by atomic mass is 9.70. The van der Waals surface area contributed by atoms with Gasteiger partial charge in [-0.05, 0) is 167 Å². The van der Waals surface area contributed by atoms with E-state index < -0.39 is 5.41 Å². The Kier molecular flexibility index (Phi) is 8.88. The summed E-state index contributed by atoms with van der Waals surface area (Å²) >= 11 is 20.9. The lowest BCUT2D eigenvalue weighted by Gasteiger charge is -2.34. The van der Waals surface area contributed by atoms with Gasteiger partial charge in [0.25, 0.3) is 0 Å². The summed E-state index contributed by atoms with van der Waals surface area (Å²) in [6, 6.07) is 20.0. The van der Waals surface area contributed by atoms with Gasteiger partial charge in [-0.15, -0.1) is 0 Å². The number of hydrogen-bond acceptors (Lipinski definition) is 3. The summed E-state index contributed by atoms with van der Waals surface area (Å²) in [4.78, 5) is 0. The molecule has 198 valence electrons. The fourth-order valence-corrected chi connectivity index (χ4v) is 8.08.